The van der Waals surface area contributed by atoms with E-state index in [0.717, 1.165) is 160 Å². The summed E-state index contributed by atoms with van der Waals surface area (Å²) in [4.78, 5) is 39.6. The van der Waals surface area contributed by atoms with E-state index in [2.05, 4.69) is 61.7 Å². The molecule has 0 radical (unpaired) electrons. The molecule has 15 rings (SSSR count). The standard InChI is InChI=1S/2C26H34ClN3O.C25H24Cl3N3O/c27-20-10-6-8-18(17-20)16-19-9-4-5-15-23-24(26(31)28-21-11-7-12-21)29-30(25(19)23)22-13-2-1-3-14-22;27-20-15-13-18(14-16-20)17-19-7-4-5-12-23-24(26(31)28-21-8-6-9-21)29-30(25(19)23)22-10-2-1-3-11-22;26-17-7-5-15(6-8-17)13-16-3-1-2-4-20-23(25(32)29-19-10-11-19)30-31(24(16)20)22-12-9-18(27)14-21(22)28/h6,8,10,17,19,21-22H,1-5,7,9,11-16H2,(H,28,31);13-16,19,21-22H,1-12,17H2,(H,28,31);5-9,12,14,16,19H,1-4,10-11,13H2,(H,29,32). The SMILES string of the molecule is O=C(NC1CC1)c1nn(-c2ccc(Cl)cc2Cl)c2c1CCCCC2Cc1ccc(Cl)cc1.O=C(NC1CCC1)c1nn(C2CCCCC2)c2c1CCCCC2Cc1ccc(Cl)cc1.O=C(NC1CCC1)c1nn(C2CCCCC2)c2c1CCCCC2Cc1cccc(Cl)c1. The zero-order valence-electron chi connectivity index (χ0n) is 54.4. The van der Waals surface area contributed by atoms with Crippen LogP contribution in [0.1, 0.15) is 285 Å². The minimum atomic E-state index is -0.0836. The molecule has 3 unspecified atom stereocenters. The van der Waals surface area contributed by atoms with Gasteiger partial charge in [-0.3, -0.25) is 23.7 Å². The summed E-state index contributed by atoms with van der Waals surface area (Å²) < 4.78 is 6.52. The van der Waals surface area contributed by atoms with Crippen LogP contribution in [-0.4, -0.2) is 65.2 Å². The number of nitrogens with one attached hydrogen (secondary N) is 3. The van der Waals surface area contributed by atoms with E-state index in [9.17, 15) is 14.4 Å². The highest BCUT2D eigenvalue weighted by atomic mass is 35.5. The minimum absolute atomic E-state index is 0.0546. The molecule has 3 N–H and O–H groups in total. The Morgan fingerprint density at radius 3 is 1.19 bits per heavy atom. The molecule has 94 heavy (non-hydrogen) atoms. The van der Waals surface area contributed by atoms with Gasteiger partial charge in [-0.2, -0.15) is 15.3 Å². The molecule has 8 aliphatic carbocycles. The number of nitrogens with zero attached hydrogens (tertiary/aromatic N) is 6. The Kier molecular flexibility index (Phi) is 22.3. The van der Waals surface area contributed by atoms with Crippen molar-refractivity contribution in [3.63, 3.8) is 0 Å². The van der Waals surface area contributed by atoms with Gasteiger partial charge in [0.25, 0.3) is 17.7 Å². The van der Waals surface area contributed by atoms with Crippen LogP contribution < -0.4 is 16.0 Å². The molecule has 0 spiro atoms. The molecule has 4 aromatic carbocycles. The van der Waals surface area contributed by atoms with Gasteiger partial charge in [0.2, 0.25) is 0 Å². The van der Waals surface area contributed by atoms with E-state index < -0.39 is 0 Å². The number of aromatic nitrogens is 6. The van der Waals surface area contributed by atoms with Crippen LogP contribution in [0.5, 0.6) is 0 Å². The first-order valence-corrected chi connectivity index (χ1v) is 37.7. The molecule has 498 valence electrons. The number of benzene rings is 4. The van der Waals surface area contributed by atoms with Crippen molar-refractivity contribution in [3.8, 4) is 5.69 Å². The zero-order chi connectivity index (χ0) is 64.7. The van der Waals surface area contributed by atoms with Gasteiger partial charge in [0.15, 0.2) is 17.1 Å². The lowest BCUT2D eigenvalue weighted by Gasteiger charge is -2.27. The highest BCUT2D eigenvalue weighted by Crippen LogP contribution is 2.44. The second-order valence-corrected chi connectivity index (χ2v) is 30.5. The Balaban J connectivity index is 0.000000128. The monoisotopic (exact) mass is 1370 g/mol. The molecule has 7 aromatic rings. The van der Waals surface area contributed by atoms with E-state index in [4.69, 9.17) is 73.3 Å². The third-order valence-electron chi connectivity index (χ3n) is 21.6. The van der Waals surface area contributed by atoms with E-state index in [1.165, 1.54) is 129 Å². The van der Waals surface area contributed by atoms with Crippen molar-refractivity contribution in [3.05, 3.63) is 184 Å². The predicted octanol–water partition coefficient (Wildman–Crippen LogP) is 19.5. The number of fused-ring (bicyclic) bond motifs is 3. The number of carbonyl (C=O) groups is 3. The molecule has 5 saturated carbocycles. The molecule has 8 aliphatic rings. The lowest BCUT2D eigenvalue weighted by atomic mass is 9.89. The fourth-order valence-electron chi connectivity index (χ4n) is 16.0. The summed E-state index contributed by atoms with van der Waals surface area (Å²) in [5.41, 5.74) is 13.8. The quantitative estimate of drug-likeness (QED) is 0.0873. The molecular formula is C77H92Cl5N9O3. The van der Waals surface area contributed by atoms with Gasteiger partial charge in [0.1, 0.15) is 0 Å². The second-order valence-electron chi connectivity index (χ2n) is 28.4. The number of carbonyl (C=O) groups excluding carboxylic acids is 3. The average Bonchev–Trinajstić information content (AvgIpc) is 1.63. The average molecular weight is 1370 g/mol. The Morgan fingerprint density at radius 1 is 0.372 bits per heavy atom. The third-order valence-corrected chi connectivity index (χ3v) is 22.8. The van der Waals surface area contributed by atoms with Crippen LogP contribution in [0.4, 0.5) is 0 Å². The lowest BCUT2D eigenvalue weighted by molar-refractivity contribution is 0.0901. The van der Waals surface area contributed by atoms with Crippen LogP contribution in [0.15, 0.2) is 91.0 Å². The van der Waals surface area contributed by atoms with Gasteiger partial charge in [0.05, 0.1) is 28.5 Å². The fourth-order valence-corrected chi connectivity index (χ4v) is 16.9. The Bertz CT molecular complexity index is 3760. The molecule has 5 fully saturated rings. The van der Waals surface area contributed by atoms with Crippen molar-refractivity contribution >= 4 is 75.7 Å². The van der Waals surface area contributed by atoms with Crippen molar-refractivity contribution in [1.82, 2.24) is 45.3 Å². The van der Waals surface area contributed by atoms with Crippen LogP contribution in [0.25, 0.3) is 5.69 Å². The molecule has 3 aromatic heterocycles. The predicted molar refractivity (Wildman–Crippen MR) is 379 cm³/mol. The molecule has 12 nitrogen and oxygen atoms in total. The van der Waals surface area contributed by atoms with Gasteiger partial charge in [-0.15, -0.1) is 0 Å². The summed E-state index contributed by atoms with van der Waals surface area (Å²) in [6.07, 6.45) is 37.2. The smallest absolute Gasteiger partial charge is 0.272 e. The number of halogens is 5. The van der Waals surface area contributed by atoms with Gasteiger partial charge >= 0.3 is 0 Å². The van der Waals surface area contributed by atoms with Crippen LogP contribution in [0, 0.1) is 0 Å². The lowest BCUT2D eigenvalue weighted by Crippen LogP contribution is -2.40. The van der Waals surface area contributed by atoms with E-state index in [1.54, 1.807) is 6.07 Å². The Morgan fingerprint density at radius 2 is 0.766 bits per heavy atom. The maximum atomic E-state index is 13.2. The summed E-state index contributed by atoms with van der Waals surface area (Å²) in [7, 11) is 0. The van der Waals surface area contributed by atoms with E-state index >= 15 is 0 Å². The maximum absolute atomic E-state index is 13.2. The van der Waals surface area contributed by atoms with E-state index in [1.807, 2.05) is 53.2 Å². The van der Waals surface area contributed by atoms with E-state index in [-0.39, 0.29) is 29.7 Å². The first-order valence-electron chi connectivity index (χ1n) is 35.8. The number of amides is 3. The third kappa shape index (κ3) is 16.2. The van der Waals surface area contributed by atoms with Gasteiger partial charge in [-0.1, -0.05) is 152 Å². The normalized spacial score (nSPS) is 21.0. The summed E-state index contributed by atoms with van der Waals surface area (Å²) in [5.74, 6) is 1.06. The summed E-state index contributed by atoms with van der Waals surface area (Å²) >= 11 is 31.3. The van der Waals surface area contributed by atoms with Crippen LogP contribution >= 0.6 is 58.0 Å². The molecule has 17 heteroatoms. The maximum Gasteiger partial charge on any atom is 0.272 e. The van der Waals surface area contributed by atoms with Gasteiger partial charge < -0.3 is 16.0 Å². The van der Waals surface area contributed by atoms with E-state index in [0.29, 0.717) is 57.4 Å². The highest BCUT2D eigenvalue weighted by molar-refractivity contribution is 6.35. The van der Waals surface area contributed by atoms with Crippen molar-refractivity contribution in [2.24, 2.45) is 0 Å². The molecular weight excluding hydrogens is 1280 g/mol. The van der Waals surface area contributed by atoms with Crippen molar-refractivity contribution in [2.75, 3.05) is 0 Å². The largest absolute Gasteiger partial charge is 0.348 e. The van der Waals surface area contributed by atoms with Crippen LogP contribution in [0.3, 0.4) is 0 Å². The molecule has 0 aliphatic heterocycles. The molecule has 3 amide bonds. The number of hydrogen-bond acceptors (Lipinski definition) is 6. The van der Waals surface area contributed by atoms with Gasteiger partial charge in [0, 0.05) is 84.0 Å². The van der Waals surface area contributed by atoms with Crippen molar-refractivity contribution in [2.45, 2.75) is 260 Å². The van der Waals surface area contributed by atoms with Gasteiger partial charge in [-0.25, -0.2) is 4.68 Å². The van der Waals surface area contributed by atoms with Gasteiger partial charge in [-0.05, 0) is 225 Å². The van der Waals surface area contributed by atoms with Crippen LogP contribution in [-0.2, 0) is 38.5 Å². The second kappa shape index (κ2) is 31.3. The highest BCUT2D eigenvalue weighted by Gasteiger charge is 2.38. The summed E-state index contributed by atoms with van der Waals surface area (Å²) in [6, 6.07) is 31.8. The Labute approximate surface area is 580 Å². The van der Waals surface area contributed by atoms with Crippen LogP contribution in [0.2, 0.25) is 25.1 Å². The molecule has 3 atom stereocenters. The molecule has 3 heterocycles. The fraction of sp³-hybridized carbons (Fsp3) is 0.532. The van der Waals surface area contributed by atoms with Crippen molar-refractivity contribution in [1.29, 1.82) is 0 Å². The molecule has 0 bridgehead atoms. The molecule has 0 saturated heterocycles. The Hall–Kier alpha value is -5.63. The first-order chi connectivity index (χ1) is 45.9. The summed E-state index contributed by atoms with van der Waals surface area (Å²) in [5, 5.41) is 28.0. The zero-order valence-corrected chi connectivity index (χ0v) is 58.2. The number of rotatable bonds is 15. The number of hydrogen-bond donors (Lipinski definition) is 3. The van der Waals surface area contributed by atoms with Crippen molar-refractivity contribution < 1.29 is 14.4 Å². The minimum Gasteiger partial charge on any atom is -0.348 e. The first kappa shape index (κ1) is 67.0. The summed E-state index contributed by atoms with van der Waals surface area (Å²) in [6.45, 7) is 0. The topological polar surface area (TPSA) is 141 Å².